The number of hydrogen-bond donors (Lipinski definition) is 0. The fourth-order valence-corrected chi connectivity index (χ4v) is 3.19. The Bertz CT molecular complexity index is 764. The van der Waals surface area contributed by atoms with Crippen LogP contribution in [-0.2, 0) is 6.42 Å². The van der Waals surface area contributed by atoms with Crippen LogP contribution in [0.2, 0.25) is 0 Å². The van der Waals surface area contributed by atoms with E-state index in [1.807, 2.05) is 0 Å². The first kappa shape index (κ1) is 13.9. The Labute approximate surface area is 136 Å². The molecule has 0 spiro atoms. The van der Waals surface area contributed by atoms with Crippen LogP contribution in [0, 0.1) is 10.5 Å². The molecule has 0 bridgehead atoms. The van der Waals surface area contributed by atoms with Gasteiger partial charge in [-0.2, -0.15) is 0 Å². The number of para-hydroxylation sites is 1. The minimum Gasteiger partial charge on any atom is -0.295 e. The van der Waals surface area contributed by atoms with Gasteiger partial charge in [0.15, 0.2) is 0 Å². The van der Waals surface area contributed by atoms with Gasteiger partial charge in [-0.15, -0.1) is 11.6 Å². The summed E-state index contributed by atoms with van der Waals surface area (Å²) in [5.41, 5.74) is 4.58. The summed E-state index contributed by atoms with van der Waals surface area (Å²) in [5, 5.41) is 0. The molecule has 102 valence electrons. The second-order valence-corrected chi connectivity index (χ2v) is 6.29. The topological polar surface area (TPSA) is 17.8 Å². The number of hydrogen-bond acceptors (Lipinski definition) is 1. The summed E-state index contributed by atoms with van der Waals surface area (Å²) in [7, 11) is 0. The van der Waals surface area contributed by atoms with Gasteiger partial charge in [0, 0.05) is 15.9 Å². The van der Waals surface area contributed by atoms with Crippen LogP contribution in [-0.4, -0.2) is 15.4 Å². The maximum Gasteiger partial charge on any atom is 0.115 e. The molecule has 3 rings (SSSR count). The molecule has 3 aromatic rings. The lowest BCUT2D eigenvalue weighted by Gasteiger charge is -2.10. The number of imidazole rings is 1. The number of aryl methyl sites for hydroxylation is 2. The Morgan fingerprint density at radius 1 is 1.20 bits per heavy atom. The molecule has 2 aromatic carbocycles. The van der Waals surface area contributed by atoms with Gasteiger partial charge in [-0.25, -0.2) is 4.98 Å². The maximum atomic E-state index is 5.94. The quantitative estimate of drug-likeness (QED) is 0.463. The van der Waals surface area contributed by atoms with Gasteiger partial charge in [0.2, 0.25) is 0 Å². The zero-order chi connectivity index (χ0) is 14.1. The van der Waals surface area contributed by atoms with Gasteiger partial charge in [-0.3, -0.25) is 4.57 Å². The lowest BCUT2D eigenvalue weighted by molar-refractivity contribution is 0.909. The van der Waals surface area contributed by atoms with Gasteiger partial charge in [-0.05, 0) is 59.3 Å². The van der Waals surface area contributed by atoms with Crippen molar-refractivity contribution in [2.45, 2.75) is 13.3 Å². The first-order valence-electron chi connectivity index (χ1n) is 6.49. The molecular weight excluding hydrogens is 383 g/mol. The third kappa shape index (κ3) is 2.44. The van der Waals surface area contributed by atoms with Crippen molar-refractivity contribution in [3.05, 3.63) is 57.4 Å². The van der Waals surface area contributed by atoms with E-state index >= 15 is 0 Å². The highest BCUT2D eigenvalue weighted by molar-refractivity contribution is 14.1. The summed E-state index contributed by atoms with van der Waals surface area (Å²) >= 11 is 8.31. The average Bonchev–Trinajstić information content (AvgIpc) is 2.77. The number of alkyl halides is 1. The Hall–Kier alpha value is -1.07. The number of aromatic nitrogens is 2. The van der Waals surface area contributed by atoms with Crippen molar-refractivity contribution in [2.75, 3.05) is 5.88 Å². The largest absolute Gasteiger partial charge is 0.295 e. The molecule has 0 N–H and O–H groups in total. The highest BCUT2D eigenvalue weighted by atomic mass is 127. The molecule has 0 unspecified atom stereocenters. The van der Waals surface area contributed by atoms with Crippen molar-refractivity contribution in [1.82, 2.24) is 9.55 Å². The van der Waals surface area contributed by atoms with E-state index in [9.17, 15) is 0 Å². The maximum absolute atomic E-state index is 5.94. The highest BCUT2D eigenvalue weighted by Crippen LogP contribution is 2.26. The highest BCUT2D eigenvalue weighted by Gasteiger charge is 2.13. The van der Waals surface area contributed by atoms with Crippen molar-refractivity contribution < 1.29 is 0 Å². The predicted molar refractivity (Wildman–Crippen MR) is 92.9 cm³/mol. The minimum absolute atomic E-state index is 0.575. The summed E-state index contributed by atoms with van der Waals surface area (Å²) in [4.78, 5) is 4.74. The van der Waals surface area contributed by atoms with Crippen molar-refractivity contribution >= 4 is 45.2 Å². The molecular formula is C16H14ClIN2. The molecule has 2 nitrogen and oxygen atoms in total. The third-order valence-electron chi connectivity index (χ3n) is 3.29. The lowest BCUT2D eigenvalue weighted by atomic mass is 10.2. The molecule has 1 heterocycles. The van der Waals surface area contributed by atoms with Crippen molar-refractivity contribution in [2.24, 2.45) is 0 Å². The van der Waals surface area contributed by atoms with E-state index in [4.69, 9.17) is 16.6 Å². The fourth-order valence-electron chi connectivity index (χ4n) is 2.39. The van der Waals surface area contributed by atoms with Crippen LogP contribution in [0.15, 0.2) is 42.5 Å². The Morgan fingerprint density at radius 3 is 2.75 bits per heavy atom. The van der Waals surface area contributed by atoms with E-state index in [1.54, 1.807) is 0 Å². The Balaban J connectivity index is 2.34. The van der Waals surface area contributed by atoms with Gasteiger partial charge in [0.1, 0.15) is 5.82 Å². The van der Waals surface area contributed by atoms with Crippen LogP contribution < -0.4 is 0 Å². The van der Waals surface area contributed by atoms with E-state index in [-0.39, 0.29) is 0 Å². The van der Waals surface area contributed by atoms with Gasteiger partial charge in [0.25, 0.3) is 0 Å². The van der Waals surface area contributed by atoms with E-state index in [2.05, 4.69) is 76.5 Å². The molecule has 0 aliphatic heterocycles. The lowest BCUT2D eigenvalue weighted by Crippen LogP contribution is -2.03. The second-order valence-electron chi connectivity index (χ2n) is 4.75. The monoisotopic (exact) mass is 396 g/mol. The number of nitrogens with zero attached hydrogens (tertiary/aromatic N) is 2. The summed E-state index contributed by atoms with van der Waals surface area (Å²) in [6, 6.07) is 14.7. The number of benzene rings is 2. The van der Waals surface area contributed by atoms with Crippen molar-refractivity contribution in [3.8, 4) is 5.69 Å². The molecule has 0 atom stereocenters. The van der Waals surface area contributed by atoms with Crippen LogP contribution in [0.5, 0.6) is 0 Å². The summed E-state index contributed by atoms with van der Waals surface area (Å²) in [6.07, 6.45) is 0.764. The molecule has 0 fully saturated rings. The van der Waals surface area contributed by atoms with Gasteiger partial charge >= 0.3 is 0 Å². The van der Waals surface area contributed by atoms with E-state index in [1.165, 1.54) is 14.8 Å². The molecule has 0 aliphatic rings. The first-order valence-corrected chi connectivity index (χ1v) is 8.11. The zero-order valence-corrected chi connectivity index (χ0v) is 14.0. The van der Waals surface area contributed by atoms with Crippen LogP contribution in [0.1, 0.15) is 11.4 Å². The number of halogens is 2. The Morgan fingerprint density at radius 2 is 2.00 bits per heavy atom. The van der Waals surface area contributed by atoms with E-state index in [0.717, 1.165) is 23.3 Å². The smallest absolute Gasteiger partial charge is 0.115 e. The van der Waals surface area contributed by atoms with Crippen LogP contribution in [0.3, 0.4) is 0 Å². The average molecular weight is 397 g/mol. The van der Waals surface area contributed by atoms with Crippen molar-refractivity contribution in [1.29, 1.82) is 0 Å². The van der Waals surface area contributed by atoms with E-state index in [0.29, 0.717) is 5.88 Å². The Kier molecular flexibility index (Phi) is 3.98. The summed E-state index contributed by atoms with van der Waals surface area (Å²) < 4.78 is 3.44. The molecule has 20 heavy (non-hydrogen) atoms. The van der Waals surface area contributed by atoms with Crippen LogP contribution in [0.25, 0.3) is 16.7 Å². The molecule has 1 aromatic heterocycles. The molecule has 0 amide bonds. The SMILES string of the molecule is Cc1ccc2nc(CCCl)n(-c3ccccc3I)c2c1. The van der Waals surface area contributed by atoms with Gasteiger partial charge in [0.05, 0.1) is 16.7 Å². The zero-order valence-electron chi connectivity index (χ0n) is 11.1. The first-order chi connectivity index (χ1) is 9.70. The minimum atomic E-state index is 0.575. The van der Waals surface area contributed by atoms with Gasteiger partial charge in [-0.1, -0.05) is 18.2 Å². The third-order valence-corrected chi connectivity index (χ3v) is 4.39. The van der Waals surface area contributed by atoms with Gasteiger partial charge < -0.3 is 0 Å². The molecule has 0 aliphatic carbocycles. The normalized spacial score (nSPS) is 11.2. The van der Waals surface area contributed by atoms with Crippen LogP contribution in [0.4, 0.5) is 0 Å². The molecule has 0 saturated heterocycles. The number of fused-ring (bicyclic) bond motifs is 1. The fraction of sp³-hybridized carbons (Fsp3) is 0.188. The predicted octanol–water partition coefficient (Wildman–Crippen LogP) is 4.72. The second kappa shape index (κ2) is 5.74. The molecule has 4 heteroatoms. The van der Waals surface area contributed by atoms with Crippen LogP contribution >= 0.6 is 34.2 Å². The molecule has 0 saturated carbocycles. The standard InChI is InChI=1S/C16H14ClIN2/c1-11-6-7-13-15(10-11)20(16(19-13)8-9-17)14-5-3-2-4-12(14)18/h2-7,10H,8-9H2,1H3. The summed E-state index contributed by atoms with van der Waals surface area (Å²) in [6.45, 7) is 2.11. The molecule has 0 radical (unpaired) electrons. The summed E-state index contributed by atoms with van der Waals surface area (Å²) in [5.74, 6) is 1.59. The van der Waals surface area contributed by atoms with E-state index < -0.39 is 0 Å². The van der Waals surface area contributed by atoms with Crippen molar-refractivity contribution in [3.63, 3.8) is 0 Å². The number of rotatable bonds is 3.